The number of nitrogens with one attached hydrogen (secondary N) is 1. The largest absolute Gasteiger partial charge is 0.465 e. The van der Waals surface area contributed by atoms with Gasteiger partial charge in [0.25, 0.3) is 0 Å². The first-order valence-electron chi connectivity index (χ1n) is 6.99. The van der Waals surface area contributed by atoms with Crippen LogP contribution in [0.4, 0.5) is 4.79 Å². The molecule has 1 fully saturated rings. The van der Waals surface area contributed by atoms with Gasteiger partial charge in [-0.1, -0.05) is 6.92 Å². The lowest BCUT2D eigenvalue weighted by Gasteiger charge is -2.23. The Morgan fingerprint density at radius 3 is 2.80 bits per heavy atom. The number of urea groups is 1. The van der Waals surface area contributed by atoms with E-state index in [0.717, 1.165) is 18.8 Å². The van der Waals surface area contributed by atoms with Crippen molar-refractivity contribution in [2.45, 2.75) is 38.6 Å². The van der Waals surface area contributed by atoms with Crippen LogP contribution in [0.5, 0.6) is 0 Å². The Balaban J connectivity index is 2.04. The smallest absolute Gasteiger partial charge is 0.317 e. The molecule has 5 nitrogen and oxygen atoms in total. The van der Waals surface area contributed by atoms with Gasteiger partial charge in [-0.25, -0.2) is 4.79 Å². The molecule has 0 bridgehead atoms. The van der Waals surface area contributed by atoms with Crippen molar-refractivity contribution in [3.8, 4) is 0 Å². The zero-order valence-electron chi connectivity index (χ0n) is 11.7. The molecule has 1 heterocycles. The predicted molar refractivity (Wildman–Crippen MR) is 79.3 cm³/mol. The summed E-state index contributed by atoms with van der Waals surface area (Å²) in [5, 5.41) is 2.56. The summed E-state index contributed by atoms with van der Waals surface area (Å²) in [5.74, 6) is 1.97. The van der Waals surface area contributed by atoms with Gasteiger partial charge in [0.15, 0.2) is 0 Å². The standard InChI is InChI=1S/C15H21N3O2/c1-11-4-6-12(7-5-11)17-14(18-15(16)19)9-8-13-3-2-10-20-13/h2-3,8-12H,4-7H2,1H3,(H3,16,17,18,19)/b9-8+. The molecule has 0 radical (unpaired) electrons. The van der Waals surface area contributed by atoms with Gasteiger partial charge in [0.1, 0.15) is 11.6 Å². The van der Waals surface area contributed by atoms with Crippen molar-refractivity contribution in [1.29, 1.82) is 0 Å². The molecule has 0 spiro atoms. The van der Waals surface area contributed by atoms with E-state index in [0.29, 0.717) is 11.6 Å². The van der Waals surface area contributed by atoms with Gasteiger partial charge >= 0.3 is 6.03 Å². The molecule has 0 saturated heterocycles. The van der Waals surface area contributed by atoms with Gasteiger partial charge in [0, 0.05) is 0 Å². The first kappa shape index (κ1) is 14.4. The zero-order valence-corrected chi connectivity index (χ0v) is 11.7. The number of hydrogen-bond donors (Lipinski definition) is 2. The van der Waals surface area contributed by atoms with E-state index in [4.69, 9.17) is 10.2 Å². The van der Waals surface area contributed by atoms with Crippen LogP contribution < -0.4 is 11.1 Å². The van der Waals surface area contributed by atoms with Crippen LogP contribution in [0.1, 0.15) is 38.4 Å². The highest BCUT2D eigenvalue weighted by atomic mass is 16.3. The molecule has 2 rings (SSSR count). The third-order valence-corrected chi connectivity index (χ3v) is 3.51. The highest BCUT2D eigenvalue weighted by molar-refractivity contribution is 6.05. The molecule has 1 aliphatic rings. The third kappa shape index (κ3) is 4.57. The van der Waals surface area contributed by atoms with Gasteiger partial charge in [0.05, 0.1) is 12.3 Å². The fraction of sp³-hybridized carbons (Fsp3) is 0.467. The summed E-state index contributed by atoms with van der Waals surface area (Å²) in [6, 6.07) is 3.30. The summed E-state index contributed by atoms with van der Waals surface area (Å²) in [6.07, 6.45) is 9.56. The van der Waals surface area contributed by atoms with E-state index in [1.54, 1.807) is 24.5 Å². The van der Waals surface area contributed by atoms with Crippen LogP contribution in [-0.2, 0) is 0 Å². The second kappa shape index (κ2) is 6.93. The van der Waals surface area contributed by atoms with Crippen LogP contribution in [0, 0.1) is 5.92 Å². The molecule has 1 aliphatic carbocycles. The van der Waals surface area contributed by atoms with Crippen LogP contribution in [0.15, 0.2) is 33.9 Å². The first-order valence-corrected chi connectivity index (χ1v) is 6.99. The molecule has 1 saturated carbocycles. The number of nitrogens with two attached hydrogens (primary N) is 1. The number of carbonyl (C=O) groups excluding carboxylic acids is 1. The van der Waals surface area contributed by atoms with E-state index in [1.807, 2.05) is 6.07 Å². The number of amidine groups is 1. The molecule has 5 heteroatoms. The number of furan rings is 1. The summed E-state index contributed by atoms with van der Waals surface area (Å²) >= 11 is 0. The number of carbonyl (C=O) groups is 1. The molecule has 0 unspecified atom stereocenters. The number of hydrogen-bond acceptors (Lipinski definition) is 3. The number of aliphatic imine (C=N–C) groups is 1. The van der Waals surface area contributed by atoms with Crippen molar-refractivity contribution >= 4 is 17.9 Å². The molecule has 0 atom stereocenters. The van der Waals surface area contributed by atoms with Gasteiger partial charge in [-0.15, -0.1) is 0 Å². The average molecular weight is 275 g/mol. The SMILES string of the molecule is CC1CCC(N=C(/C=C/c2ccco2)NC(N)=O)CC1. The Morgan fingerprint density at radius 1 is 1.45 bits per heavy atom. The van der Waals surface area contributed by atoms with E-state index in [1.165, 1.54) is 12.8 Å². The second-order valence-corrected chi connectivity index (χ2v) is 5.27. The van der Waals surface area contributed by atoms with Gasteiger partial charge in [-0.2, -0.15) is 0 Å². The van der Waals surface area contributed by atoms with Gasteiger partial charge < -0.3 is 10.2 Å². The van der Waals surface area contributed by atoms with Gasteiger partial charge in [-0.3, -0.25) is 10.3 Å². The summed E-state index contributed by atoms with van der Waals surface area (Å²) in [5.41, 5.74) is 5.18. The lowest BCUT2D eigenvalue weighted by Crippen LogP contribution is -2.35. The van der Waals surface area contributed by atoms with Crippen LogP contribution >= 0.6 is 0 Å². The minimum absolute atomic E-state index is 0.259. The van der Waals surface area contributed by atoms with Crippen LogP contribution in [0.3, 0.4) is 0 Å². The van der Waals surface area contributed by atoms with Crippen molar-refractivity contribution in [3.63, 3.8) is 0 Å². The number of amides is 2. The van der Waals surface area contributed by atoms with Crippen molar-refractivity contribution in [3.05, 3.63) is 30.2 Å². The minimum atomic E-state index is -0.600. The molecule has 1 aromatic rings. The maximum absolute atomic E-state index is 11.0. The summed E-state index contributed by atoms with van der Waals surface area (Å²) in [7, 11) is 0. The number of primary amides is 1. The van der Waals surface area contributed by atoms with Crippen molar-refractivity contribution in [2.75, 3.05) is 0 Å². The second-order valence-electron chi connectivity index (χ2n) is 5.27. The van der Waals surface area contributed by atoms with E-state index >= 15 is 0 Å². The zero-order chi connectivity index (χ0) is 14.4. The Kier molecular flexibility index (Phi) is 4.98. The molecular formula is C15H21N3O2. The normalized spacial score (nSPS) is 23.9. The first-order chi connectivity index (χ1) is 9.63. The summed E-state index contributed by atoms with van der Waals surface area (Å²) < 4.78 is 5.21. The predicted octanol–water partition coefficient (Wildman–Crippen LogP) is 2.94. The van der Waals surface area contributed by atoms with E-state index in [9.17, 15) is 4.79 Å². The Bertz CT molecular complexity index is 483. The highest BCUT2D eigenvalue weighted by Crippen LogP contribution is 2.25. The number of nitrogens with zero attached hydrogens (tertiary/aromatic N) is 1. The van der Waals surface area contributed by atoms with Crippen LogP contribution in [0.25, 0.3) is 6.08 Å². The maximum Gasteiger partial charge on any atom is 0.317 e. The van der Waals surface area contributed by atoms with Crippen molar-refractivity contribution in [2.24, 2.45) is 16.6 Å². The molecular weight excluding hydrogens is 254 g/mol. The number of rotatable bonds is 3. The fourth-order valence-corrected chi connectivity index (χ4v) is 2.36. The fourth-order valence-electron chi connectivity index (χ4n) is 2.36. The van der Waals surface area contributed by atoms with Crippen molar-refractivity contribution < 1.29 is 9.21 Å². The summed E-state index contributed by atoms with van der Waals surface area (Å²) in [4.78, 5) is 15.6. The molecule has 0 aliphatic heterocycles. The molecule has 3 N–H and O–H groups in total. The van der Waals surface area contributed by atoms with Crippen LogP contribution in [0.2, 0.25) is 0 Å². The quantitative estimate of drug-likeness (QED) is 0.657. The summed E-state index contributed by atoms with van der Waals surface area (Å²) in [6.45, 7) is 2.26. The van der Waals surface area contributed by atoms with Gasteiger partial charge in [0.2, 0.25) is 0 Å². The molecule has 1 aromatic heterocycles. The Labute approximate surface area is 118 Å². The Hall–Kier alpha value is -2.04. The lowest BCUT2D eigenvalue weighted by molar-refractivity contribution is 0.253. The minimum Gasteiger partial charge on any atom is -0.465 e. The average Bonchev–Trinajstić information content (AvgIpc) is 2.91. The molecule has 108 valence electrons. The monoisotopic (exact) mass is 275 g/mol. The van der Waals surface area contributed by atoms with E-state index in [-0.39, 0.29) is 6.04 Å². The molecule has 20 heavy (non-hydrogen) atoms. The third-order valence-electron chi connectivity index (χ3n) is 3.51. The van der Waals surface area contributed by atoms with E-state index in [2.05, 4.69) is 17.2 Å². The topological polar surface area (TPSA) is 80.6 Å². The molecule has 0 aromatic carbocycles. The van der Waals surface area contributed by atoms with Gasteiger partial charge in [-0.05, 0) is 55.9 Å². The van der Waals surface area contributed by atoms with E-state index < -0.39 is 6.03 Å². The van der Waals surface area contributed by atoms with Crippen molar-refractivity contribution in [1.82, 2.24) is 5.32 Å². The Morgan fingerprint density at radius 2 is 2.20 bits per heavy atom. The van der Waals surface area contributed by atoms with Crippen LogP contribution in [-0.4, -0.2) is 17.9 Å². The lowest BCUT2D eigenvalue weighted by atomic mass is 9.88. The molecule has 2 amide bonds. The highest BCUT2D eigenvalue weighted by Gasteiger charge is 2.17. The maximum atomic E-state index is 11.0.